The molecule has 192 valence electrons. The Bertz CT molecular complexity index is 634. The summed E-state index contributed by atoms with van der Waals surface area (Å²) in [5.74, 6) is -3.21. The Kier molecular flexibility index (Phi) is 12.5. The maximum Gasteiger partial charge on any atom is 0.312 e. The molecule has 1 saturated heterocycles. The van der Waals surface area contributed by atoms with Crippen LogP contribution >= 0.6 is 0 Å². The van der Waals surface area contributed by atoms with Crippen LogP contribution in [0.4, 0.5) is 0 Å². The number of aliphatic hydroxyl groups is 2. The minimum Gasteiger partial charge on any atom is -0.600 e. The van der Waals surface area contributed by atoms with Gasteiger partial charge in [-0.2, -0.15) is 0 Å². The van der Waals surface area contributed by atoms with Gasteiger partial charge in [-0.15, -0.1) is 0 Å². The average molecular weight is 489 g/mol. The Hall–Kier alpha value is -2.07. The van der Waals surface area contributed by atoms with E-state index in [-0.39, 0.29) is 0 Å². The summed E-state index contributed by atoms with van der Waals surface area (Å²) in [5, 5.41) is 74.0. The fraction of sp³-hybridized carbons (Fsp3) is 0.800. The molecule has 18 heteroatoms. The van der Waals surface area contributed by atoms with E-state index >= 15 is 0 Å². The third-order valence-corrected chi connectivity index (χ3v) is 4.21. The zero-order chi connectivity index (χ0) is 25.1. The number of carbonyl (C=O) groups excluding carboxylic acids is 3. The molecule has 33 heavy (non-hydrogen) atoms. The highest BCUT2D eigenvalue weighted by Gasteiger charge is 2.49. The highest BCUT2D eigenvalue weighted by atomic mass is 16.8. The second-order valence-electron chi connectivity index (χ2n) is 6.83. The van der Waals surface area contributed by atoms with Crippen molar-refractivity contribution in [3.63, 3.8) is 0 Å². The molecule has 1 heterocycles. The lowest BCUT2D eigenvalue weighted by Gasteiger charge is -2.41. The van der Waals surface area contributed by atoms with Crippen molar-refractivity contribution in [1.29, 1.82) is 0 Å². The van der Waals surface area contributed by atoms with Gasteiger partial charge in [0.15, 0.2) is 18.5 Å². The Morgan fingerprint density at radius 3 is 1.64 bits per heavy atom. The third kappa shape index (κ3) is 11.1. The van der Waals surface area contributed by atoms with Crippen LogP contribution in [0.25, 0.3) is 0 Å². The smallest absolute Gasteiger partial charge is 0.312 e. The Morgan fingerprint density at radius 2 is 1.18 bits per heavy atom. The molecule has 1 aliphatic rings. The fourth-order valence-corrected chi connectivity index (χ4v) is 2.61. The third-order valence-electron chi connectivity index (χ3n) is 4.21. The summed E-state index contributed by atoms with van der Waals surface area (Å²) in [7, 11) is 0. The maximum absolute atomic E-state index is 12.0. The highest BCUT2D eigenvalue weighted by molar-refractivity contribution is 5.71. The van der Waals surface area contributed by atoms with Gasteiger partial charge in [0.25, 0.3) is 0 Å². The van der Waals surface area contributed by atoms with Gasteiger partial charge in [0.1, 0.15) is 38.4 Å². The monoisotopic (exact) mass is 489 g/mol. The van der Waals surface area contributed by atoms with E-state index in [1.54, 1.807) is 0 Å². The molecule has 0 radical (unpaired) electrons. The van der Waals surface area contributed by atoms with Crippen LogP contribution < -0.4 is 15.7 Å². The molecular formula is C15H27N3O15. The van der Waals surface area contributed by atoms with E-state index in [1.165, 1.54) is 0 Å². The number of carbonyl (C=O) groups is 3. The van der Waals surface area contributed by atoms with Gasteiger partial charge in [-0.25, -0.2) is 31.3 Å². The molecule has 0 aromatic carbocycles. The first-order chi connectivity index (χ1) is 15.4. The van der Waals surface area contributed by atoms with Gasteiger partial charge in [0.2, 0.25) is 0 Å². The van der Waals surface area contributed by atoms with Crippen LogP contribution in [0.1, 0.15) is 19.3 Å². The number of hydroxylamine groups is 6. The molecule has 0 aromatic heterocycles. The molecule has 0 saturated carbocycles. The van der Waals surface area contributed by atoms with E-state index in [1.807, 2.05) is 0 Å². The van der Waals surface area contributed by atoms with Crippen molar-refractivity contribution in [3.05, 3.63) is 15.6 Å². The summed E-state index contributed by atoms with van der Waals surface area (Å²) in [6, 6.07) is 0. The quantitative estimate of drug-likeness (QED) is 0.0678. The Morgan fingerprint density at radius 1 is 0.758 bits per heavy atom. The maximum atomic E-state index is 12.0. The summed E-state index contributed by atoms with van der Waals surface area (Å²) >= 11 is 0. The second kappa shape index (κ2) is 14.2. The topological polar surface area (TPSA) is 272 Å². The predicted octanol–water partition coefficient (Wildman–Crippen LogP) is -7.08. The minimum atomic E-state index is -2.00. The predicted molar refractivity (Wildman–Crippen MR) is 94.4 cm³/mol. The first-order valence-corrected chi connectivity index (χ1v) is 9.62. The molecule has 1 aliphatic heterocycles. The van der Waals surface area contributed by atoms with E-state index < -0.39 is 110 Å². The number of aliphatic hydroxyl groups excluding tert-OH is 2. The Balaban J connectivity index is 2.95. The van der Waals surface area contributed by atoms with Crippen molar-refractivity contribution in [3.8, 4) is 0 Å². The number of nitrogens with one attached hydrogen (secondary N) is 3. The number of rotatable bonds is 13. The van der Waals surface area contributed by atoms with E-state index in [9.17, 15) is 40.2 Å². The zero-order valence-corrected chi connectivity index (χ0v) is 17.2. The Labute approximate surface area is 185 Å². The summed E-state index contributed by atoms with van der Waals surface area (Å²) in [4.78, 5) is 35.7. The largest absolute Gasteiger partial charge is 0.600 e. The van der Waals surface area contributed by atoms with Gasteiger partial charge >= 0.3 is 17.9 Å². The van der Waals surface area contributed by atoms with Gasteiger partial charge in [-0.3, -0.25) is 14.4 Å². The summed E-state index contributed by atoms with van der Waals surface area (Å²) < 4.78 is 19.9. The first kappa shape index (κ1) is 29.0. The minimum absolute atomic E-state index is 0.510. The van der Waals surface area contributed by atoms with E-state index in [2.05, 4.69) is 0 Å². The SMILES string of the molecule is O=C(CC[NH+]([O-])O)OC[C@H]1O[C@H](O)[C@H](O)[C@@H](OC(=O)CC[NH+]([O-])O)[C@@H]1OC(=O)CC[NH+]([O-])O. The van der Waals surface area contributed by atoms with Gasteiger partial charge in [-0.05, 0) is 0 Å². The average Bonchev–Trinajstić information content (AvgIpc) is 2.73. The van der Waals surface area contributed by atoms with Crippen molar-refractivity contribution in [2.24, 2.45) is 0 Å². The van der Waals surface area contributed by atoms with Gasteiger partial charge in [0.05, 0.1) is 19.3 Å². The summed E-state index contributed by atoms with van der Waals surface area (Å²) in [6.07, 6.45) is -10.7. The van der Waals surface area contributed by atoms with E-state index in [0.717, 1.165) is 0 Å². The molecule has 0 spiro atoms. The lowest BCUT2D eigenvalue weighted by atomic mass is 9.98. The molecule has 0 aliphatic carbocycles. The van der Waals surface area contributed by atoms with Crippen molar-refractivity contribution in [1.82, 2.24) is 0 Å². The molecule has 1 fully saturated rings. The van der Waals surface area contributed by atoms with Crippen molar-refractivity contribution < 1.29 is 74.8 Å². The van der Waals surface area contributed by atoms with Gasteiger partial charge < -0.3 is 44.8 Å². The van der Waals surface area contributed by atoms with Crippen LogP contribution in [-0.2, 0) is 33.3 Å². The normalized spacial score (nSPS) is 27.8. The lowest BCUT2D eigenvalue weighted by Crippen LogP contribution is -3.04. The number of quaternary nitrogens is 3. The molecule has 8 N–H and O–H groups in total. The van der Waals surface area contributed by atoms with E-state index in [4.69, 9.17) is 34.6 Å². The molecule has 1 rings (SSSR count). The molecule has 18 nitrogen and oxygen atoms in total. The standard InChI is InChI=1S/C15H27N3O15/c19-9(1-4-16(24)25)30-7-8-13(32-10(20)2-5-17(26)27)14(12(22)15(23)31-8)33-11(21)3-6-18(28)29/h8,12-18,22-24,26,28H,1-7H2/t8-,12-,13-,14-,15+/m1/s1. The molecule has 0 amide bonds. The van der Waals surface area contributed by atoms with Crippen molar-refractivity contribution in [2.45, 2.75) is 50.0 Å². The molecule has 0 aromatic rings. The molecule has 3 unspecified atom stereocenters. The van der Waals surface area contributed by atoms with Crippen LogP contribution in [0.15, 0.2) is 0 Å². The number of hydrogen-bond donors (Lipinski definition) is 8. The van der Waals surface area contributed by atoms with Crippen LogP contribution in [0, 0.1) is 15.6 Å². The molecule has 0 bridgehead atoms. The van der Waals surface area contributed by atoms with Crippen molar-refractivity contribution >= 4 is 17.9 Å². The number of hydrogen-bond acceptors (Lipinski definition) is 15. The summed E-state index contributed by atoms with van der Waals surface area (Å²) in [6.45, 7) is -2.49. The van der Waals surface area contributed by atoms with Crippen LogP contribution in [0.5, 0.6) is 0 Å². The number of esters is 3. The molecule has 8 atom stereocenters. The van der Waals surface area contributed by atoms with Crippen LogP contribution in [-0.4, -0.2) is 101 Å². The van der Waals surface area contributed by atoms with Crippen molar-refractivity contribution in [2.75, 3.05) is 26.2 Å². The second-order valence-corrected chi connectivity index (χ2v) is 6.83. The highest BCUT2D eigenvalue weighted by Crippen LogP contribution is 2.26. The van der Waals surface area contributed by atoms with Crippen LogP contribution in [0.2, 0.25) is 0 Å². The first-order valence-electron chi connectivity index (χ1n) is 9.62. The molecular weight excluding hydrogens is 462 g/mol. The number of ether oxygens (including phenoxy) is 4. The lowest BCUT2D eigenvalue weighted by molar-refractivity contribution is -1.05. The van der Waals surface area contributed by atoms with Crippen LogP contribution in [0.3, 0.4) is 0 Å². The zero-order valence-electron chi connectivity index (χ0n) is 17.2. The summed E-state index contributed by atoms with van der Waals surface area (Å²) in [5.41, 5.74) is 0. The van der Waals surface area contributed by atoms with Gasteiger partial charge in [-0.1, -0.05) is 0 Å². The fourth-order valence-electron chi connectivity index (χ4n) is 2.61. The van der Waals surface area contributed by atoms with E-state index in [0.29, 0.717) is 0 Å². The van der Waals surface area contributed by atoms with Gasteiger partial charge in [0, 0.05) is 0 Å².